The Kier molecular flexibility index (Phi) is 9.91. The Morgan fingerprint density at radius 2 is 1.04 bits per heavy atom. The van der Waals surface area contributed by atoms with Crippen molar-refractivity contribution < 1.29 is 0 Å². The van der Waals surface area contributed by atoms with Crippen molar-refractivity contribution in [2.45, 2.75) is 64.5 Å². The predicted molar refractivity (Wildman–Crippen MR) is 109 cm³/mol. The van der Waals surface area contributed by atoms with E-state index in [0.717, 1.165) is 13.1 Å². The van der Waals surface area contributed by atoms with E-state index in [1.54, 1.807) is 0 Å². The van der Waals surface area contributed by atoms with Crippen LogP contribution in [0.3, 0.4) is 0 Å². The lowest BCUT2D eigenvalue weighted by Gasteiger charge is -2.30. The summed E-state index contributed by atoms with van der Waals surface area (Å²) < 4.78 is 0. The fourth-order valence-electron chi connectivity index (χ4n) is 3.26. The molecule has 0 saturated heterocycles. The molecule has 142 valence electrons. The minimum absolute atomic E-state index is 0.221. The molecule has 0 aliphatic carbocycles. The van der Waals surface area contributed by atoms with Gasteiger partial charge in [-0.25, -0.2) is 0 Å². The quantitative estimate of drug-likeness (QED) is 0.506. The predicted octanol–water partition coefficient (Wildman–Crippen LogP) is 4.82. The summed E-state index contributed by atoms with van der Waals surface area (Å²) in [5.41, 5.74) is 2.56. The normalized spacial score (nSPS) is 13.5. The average Bonchev–Trinajstić information content (AvgIpc) is 2.70. The molecule has 26 heavy (non-hydrogen) atoms. The molecule has 4 nitrogen and oxygen atoms in total. The van der Waals surface area contributed by atoms with Gasteiger partial charge in [0.15, 0.2) is 0 Å². The van der Waals surface area contributed by atoms with Crippen LogP contribution in [-0.4, -0.2) is 23.1 Å². The Balaban J connectivity index is 2.18. The van der Waals surface area contributed by atoms with Gasteiger partial charge in [0.25, 0.3) is 0 Å². The van der Waals surface area contributed by atoms with E-state index >= 15 is 0 Å². The van der Waals surface area contributed by atoms with Crippen molar-refractivity contribution in [3.8, 4) is 0 Å². The van der Waals surface area contributed by atoms with E-state index in [-0.39, 0.29) is 12.1 Å². The fraction of sp³-hybridized carbons (Fsp3) is 0.545. The highest BCUT2D eigenvalue weighted by molar-refractivity contribution is 5.25. The Morgan fingerprint density at radius 1 is 0.654 bits per heavy atom. The van der Waals surface area contributed by atoms with Crippen LogP contribution in [0.15, 0.2) is 49.1 Å². The Labute approximate surface area is 158 Å². The molecule has 0 aromatic carbocycles. The van der Waals surface area contributed by atoms with E-state index in [1.807, 2.05) is 24.8 Å². The molecule has 0 spiro atoms. The van der Waals surface area contributed by atoms with Crippen LogP contribution in [0.1, 0.15) is 75.6 Å². The molecule has 0 saturated carbocycles. The zero-order valence-electron chi connectivity index (χ0n) is 16.3. The molecule has 4 heteroatoms. The number of unbranched alkanes of at least 4 members (excludes halogenated alkanes) is 4. The minimum Gasteiger partial charge on any atom is -0.308 e. The van der Waals surface area contributed by atoms with E-state index in [9.17, 15) is 0 Å². The van der Waals surface area contributed by atoms with Crippen LogP contribution in [0, 0.1) is 0 Å². The molecule has 0 aliphatic heterocycles. The van der Waals surface area contributed by atoms with Gasteiger partial charge in [0.05, 0.1) is 12.1 Å². The molecule has 2 atom stereocenters. The van der Waals surface area contributed by atoms with Gasteiger partial charge in [-0.3, -0.25) is 9.97 Å². The molecule has 2 heterocycles. The van der Waals surface area contributed by atoms with Gasteiger partial charge in [-0.05, 0) is 61.3 Å². The van der Waals surface area contributed by atoms with Crippen LogP contribution >= 0.6 is 0 Å². The molecule has 2 unspecified atom stereocenters. The van der Waals surface area contributed by atoms with Crippen molar-refractivity contribution in [2.75, 3.05) is 13.1 Å². The third kappa shape index (κ3) is 6.85. The highest BCUT2D eigenvalue weighted by atomic mass is 15.0. The summed E-state index contributed by atoms with van der Waals surface area (Å²) in [6.45, 7) is 6.54. The van der Waals surface area contributed by atoms with E-state index in [4.69, 9.17) is 0 Å². The smallest absolute Gasteiger partial charge is 0.0519 e. The second-order valence-corrected chi connectivity index (χ2v) is 6.84. The first-order valence-corrected chi connectivity index (χ1v) is 10.1. The summed E-state index contributed by atoms with van der Waals surface area (Å²) in [6, 6.07) is 8.94. The maximum atomic E-state index is 4.20. The lowest BCUT2D eigenvalue weighted by molar-refractivity contribution is 0.377. The van der Waals surface area contributed by atoms with Crippen LogP contribution in [0.5, 0.6) is 0 Å². The third-order valence-electron chi connectivity index (χ3n) is 4.75. The van der Waals surface area contributed by atoms with Gasteiger partial charge in [0.2, 0.25) is 0 Å². The minimum atomic E-state index is 0.221. The first kappa shape index (κ1) is 20.5. The van der Waals surface area contributed by atoms with E-state index in [0.29, 0.717) is 0 Å². The van der Waals surface area contributed by atoms with Crippen molar-refractivity contribution in [3.05, 3.63) is 60.2 Å². The van der Waals surface area contributed by atoms with Crippen molar-refractivity contribution in [1.82, 2.24) is 20.6 Å². The number of aromatic nitrogens is 2. The van der Waals surface area contributed by atoms with Gasteiger partial charge in [0.1, 0.15) is 0 Å². The van der Waals surface area contributed by atoms with E-state index < -0.39 is 0 Å². The molecule has 0 fully saturated rings. The van der Waals surface area contributed by atoms with Crippen LogP contribution in [-0.2, 0) is 0 Å². The molecule has 2 rings (SSSR count). The van der Waals surface area contributed by atoms with Crippen LogP contribution < -0.4 is 10.6 Å². The third-order valence-corrected chi connectivity index (χ3v) is 4.75. The second kappa shape index (κ2) is 12.6. The van der Waals surface area contributed by atoms with Crippen LogP contribution in [0.4, 0.5) is 0 Å². The van der Waals surface area contributed by atoms with Gasteiger partial charge in [-0.15, -0.1) is 0 Å². The van der Waals surface area contributed by atoms with Crippen LogP contribution in [0.25, 0.3) is 0 Å². The van der Waals surface area contributed by atoms with Crippen molar-refractivity contribution in [1.29, 1.82) is 0 Å². The molecule has 0 bridgehead atoms. The van der Waals surface area contributed by atoms with Gasteiger partial charge >= 0.3 is 0 Å². The molecule has 0 amide bonds. The Morgan fingerprint density at radius 3 is 1.38 bits per heavy atom. The second-order valence-electron chi connectivity index (χ2n) is 6.84. The fourth-order valence-corrected chi connectivity index (χ4v) is 3.26. The molecule has 2 N–H and O–H groups in total. The average molecular weight is 355 g/mol. The number of rotatable bonds is 13. The SMILES string of the molecule is CCCCCNC(c1ccncc1)C(NCCCCC)c1ccncc1. The van der Waals surface area contributed by atoms with Gasteiger partial charge in [-0.1, -0.05) is 39.5 Å². The summed E-state index contributed by atoms with van der Waals surface area (Å²) in [5, 5.41) is 7.60. The Bertz CT molecular complexity index is 520. The van der Waals surface area contributed by atoms with Gasteiger partial charge in [0, 0.05) is 24.8 Å². The standard InChI is InChI=1S/C22H34N4/c1-3-5-7-13-25-21(19-9-15-23-16-10-19)22(26-14-8-6-4-2)20-11-17-24-18-12-20/h9-12,15-18,21-22,25-26H,3-8,13-14H2,1-2H3. The molecule has 2 aromatic rings. The summed E-state index contributed by atoms with van der Waals surface area (Å²) in [4.78, 5) is 8.40. The largest absolute Gasteiger partial charge is 0.308 e. The maximum absolute atomic E-state index is 4.20. The van der Waals surface area contributed by atoms with Crippen molar-refractivity contribution in [2.24, 2.45) is 0 Å². The number of hydrogen-bond donors (Lipinski definition) is 2. The number of pyridine rings is 2. The lowest BCUT2D eigenvalue weighted by atomic mass is 9.94. The molecule has 0 aliphatic rings. The number of nitrogens with one attached hydrogen (secondary N) is 2. The zero-order chi connectivity index (χ0) is 18.5. The highest BCUT2D eigenvalue weighted by Gasteiger charge is 2.24. The zero-order valence-corrected chi connectivity index (χ0v) is 16.3. The first-order chi connectivity index (χ1) is 12.9. The summed E-state index contributed by atoms with van der Waals surface area (Å²) in [7, 11) is 0. The van der Waals surface area contributed by atoms with Gasteiger partial charge in [-0.2, -0.15) is 0 Å². The van der Waals surface area contributed by atoms with E-state index in [1.165, 1.54) is 49.7 Å². The maximum Gasteiger partial charge on any atom is 0.0519 e. The Hall–Kier alpha value is -1.78. The summed E-state index contributed by atoms with van der Waals surface area (Å²) in [5.74, 6) is 0. The van der Waals surface area contributed by atoms with Crippen molar-refractivity contribution in [3.63, 3.8) is 0 Å². The molecule has 2 aromatic heterocycles. The topological polar surface area (TPSA) is 49.8 Å². The highest BCUT2D eigenvalue weighted by Crippen LogP contribution is 2.28. The molecular weight excluding hydrogens is 320 g/mol. The number of nitrogens with zero attached hydrogens (tertiary/aromatic N) is 2. The summed E-state index contributed by atoms with van der Waals surface area (Å²) >= 11 is 0. The van der Waals surface area contributed by atoms with Crippen molar-refractivity contribution >= 4 is 0 Å². The first-order valence-electron chi connectivity index (χ1n) is 10.1. The molecular formula is C22H34N4. The van der Waals surface area contributed by atoms with Gasteiger partial charge < -0.3 is 10.6 Å². The monoisotopic (exact) mass is 354 g/mol. The van der Waals surface area contributed by atoms with E-state index in [2.05, 4.69) is 58.7 Å². The summed E-state index contributed by atoms with van der Waals surface area (Å²) in [6.07, 6.45) is 15.0. The lowest BCUT2D eigenvalue weighted by Crippen LogP contribution is -2.36. The molecule has 0 radical (unpaired) electrons. The number of hydrogen-bond acceptors (Lipinski definition) is 4. The van der Waals surface area contributed by atoms with Crippen LogP contribution in [0.2, 0.25) is 0 Å².